The van der Waals surface area contributed by atoms with Gasteiger partial charge in [0, 0.05) is 24.2 Å². The van der Waals surface area contributed by atoms with Gasteiger partial charge in [-0.05, 0) is 110 Å². The number of benzene rings is 3. The molecule has 3 atom stereocenters. The van der Waals surface area contributed by atoms with Gasteiger partial charge in [0.15, 0.2) is 29.9 Å². The number of ether oxygens (including phenoxy) is 5. The molecule has 4 heterocycles. The van der Waals surface area contributed by atoms with E-state index in [9.17, 15) is 18.4 Å². The van der Waals surface area contributed by atoms with Gasteiger partial charge in [-0.25, -0.2) is 14.6 Å². The fraction of sp³-hybridized carbons (Fsp3) is 0.390. The van der Waals surface area contributed by atoms with Crippen LogP contribution in [0.1, 0.15) is 64.9 Å². The van der Waals surface area contributed by atoms with Gasteiger partial charge in [-0.3, -0.25) is 4.90 Å². The lowest BCUT2D eigenvalue weighted by atomic mass is 9.86. The maximum Gasteiger partial charge on any atom is 0.387 e. The summed E-state index contributed by atoms with van der Waals surface area (Å²) in [7, 11) is 1.57. The lowest BCUT2D eigenvalue weighted by Gasteiger charge is -2.44. The van der Waals surface area contributed by atoms with Gasteiger partial charge >= 0.3 is 18.6 Å². The number of methoxy groups -OCH3 is 1. The number of nitrogens with zero attached hydrogens (tertiary/aromatic N) is 1. The molecule has 8 rings (SSSR count). The van der Waals surface area contributed by atoms with Crippen molar-refractivity contribution in [2.75, 3.05) is 38.7 Å². The van der Waals surface area contributed by atoms with Crippen LogP contribution >= 0.6 is 23.2 Å². The highest BCUT2D eigenvalue weighted by atomic mass is 35.5. The van der Waals surface area contributed by atoms with Crippen LogP contribution in [0.4, 0.5) is 14.5 Å². The molecule has 1 unspecified atom stereocenters. The molecule has 56 heavy (non-hydrogen) atoms. The number of hydrogen-bond donors (Lipinski definition) is 1. The summed E-state index contributed by atoms with van der Waals surface area (Å²) in [4.78, 5) is 32.8. The van der Waals surface area contributed by atoms with Crippen molar-refractivity contribution in [3.05, 3.63) is 111 Å². The summed E-state index contributed by atoms with van der Waals surface area (Å²) in [5.74, 6) is 0.197. The zero-order valence-corrected chi connectivity index (χ0v) is 32.1. The van der Waals surface area contributed by atoms with E-state index in [0.717, 1.165) is 45.3 Å². The van der Waals surface area contributed by atoms with Crippen LogP contribution in [0.15, 0.2) is 79.1 Å². The number of anilines is 1. The Labute approximate surface area is 333 Å². The third-order valence-electron chi connectivity index (χ3n) is 10.3. The molecule has 0 amide bonds. The van der Waals surface area contributed by atoms with Gasteiger partial charge < -0.3 is 34.5 Å². The molecule has 1 aromatic heterocycles. The largest absolute Gasteiger partial charge is 0.870 e. The van der Waals surface area contributed by atoms with Crippen molar-refractivity contribution in [3.8, 4) is 17.2 Å². The first-order chi connectivity index (χ1) is 26.6. The second kappa shape index (κ2) is 18.5. The molecule has 1 aliphatic carbocycles. The van der Waals surface area contributed by atoms with Gasteiger partial charge in [0.1, 0.15) is 28.0 Å². The van der Waals surface area contributed by atoms with Crippen LogP contribution in [-0.2, 0) is 20.7 Å². The second-order valence-electron chi connectivity index (χ2n) is 14.1. The number of nitrogens with one attached hydrogen (secondary N) is 2. The Kier molecular flexibility index (Phi) is 13.5. The van der Waals surface area contributed by atoms with Crippen molar-refractivity contribution in [2.24, 2.45) is 11.8 Å². The summed E-state index contributed by atoms with van der Waals surface area (Å²) in [5, 5.41) is 3.95. The van der Waals surface area contributed by atoms with Crippen LogP contribution in [0.3, 0.4) is 0 Å². The number of halogens is 4. The smallest absolute Gasteiger partial charge is 0.387 e. The van der Waals surface area contributed by atoms with Gasteiger partial charge in [0.05, 0.1) is 19.3 Å². The molecular formula is C41H43Cl2F2N3O8. The van der Waals surface area contributed by atoms with Crippen LogP contribution in [0.25, 0.3) is 0 Å². The van der Waals surface area contributed by atoms with Crippen molar-refractivity contribution in [2.45, 2.75) is 57.0 Å². The van der Waals surface area contributed by atoms with E-state index in [4.69, 9.17) is 46.9 Å². The Morgan fingerprint density at radius 2 is 1.66 bits per heavy atom. The summed E-state index contributed by atoms with van der Waals surface area (Å²) < 4.78 is 54.8. The molecule has 2 bridgehead atoms. The van der Waals surface area contributed by atoms with Gasteiger partial charge in [0.25, 0.3) is 0 Å². The Bertz CT molecular complexity index is 1960. The number of aromatic amines is 1. The number of carbonyl (C=O) groups excluding carboxylic acids is 2. The third kappa shape index (κ3) is 10.2. The van der Waals surface area contributed by atoms with E-state index in [1.165, 1.54) is 18.2 Å². The lowest BCUT2D eigenvalue weighted by molar-refractivity contribution is -0.377. The average Bonchev–Trinajstić information content (AvgIpc) is 4.03. The zero-order valence-electron chi connectivity index (χ0n) is 30.6. The molecular weight excluding hydrogens is 771 g/mol. The Morgan fingerprint density at radius 1 is 0.929 bits per heavy atom. The molecule has 4 fully saturated rings. The number of pyridine rings is 1. The Hall–Kier alpha value is -4.69. The number of hydrogen-bond acceptors (Lipinski definition) is 10. The van der Waals surface area contributed by atoms with Crippen molar-refractivity contribution >= 4 is 40.8 Å². The quantitative estimate of drug-likeness (QED) is 0.111. The topological polar surface area (TPSA) is 140 Å². The van der Waals surface area contributed by atoms with E-state index < -0.39 is 30.7 Å². The van der Waals surface area contributed by atoms with Gasteiger partial charge in [0.2, 0.25) is 0 Å². The molecule has 3 aliphatic heterocycles. The molecule has 3 N–H and O–H groups in total. The van der Waals surface area contributed by atoms with Gasteiger partial charge in [-0.15, -0.1) is 0 Å². The number of fused-ring (bicyclic) bond motifs is 3. The highest BCUT2D eigenvalue weighted by molar-refractivity contribution is 6.35. The molecule has 3 saturated heterocycles. The third-order valence-corrected chi connectivity index (χ3v) is 11.0. The Balaban J connectivity index is 0.00000532. The first kappa shape index (κ1) is 41.0. The van der Waals surface area contributed by atoms with Crippen LogP contribution in [0.5, 0.6) is 17.2 Å². The van der Waals surface area contributed by atoms with Gasteiger partial charge in [-0.1, -0.05) is 41.4 Å². The van der Waals surface area contributed by atoms with Crippen LogP contribution in [0, 0.1) is 11.8 Å². The van der Waals surface area contributed by atoms with Crippen molar-refractivity contribution < 1.29 is 52.5 Å². The fourth-order valence-electron chi connectivity index (χ4n) is 7.03. The predicted octanol–water partition coefficient (Wildman–Crippen LogP) is 7.96. The molecule has 4 aromatic rings. The maximum absolute atomic E-state index is 13.8. The number of H-pyrrole nitrogens is 1. The number of esters is 2. The summed E-state index contributed by atoms with van der Waals surface area (Å²) >= 11 is 13.0. The highest BCUT2D eigenvalue weighted by Crippen LogP contribution is 2.38. The molecule has 15 heteroatoms. The van der Waals surface area contributed by atoms with E-state index in [-0.39, 0.29) is 35.1 Å². The highest BCUT2D eigenvalue weighted by Gasteiger charge is 2.38. The summed E-state index contributed by atoms with van der Waals surface area (Å²) in [5.41, 5.74) is 2.43. The summed E-state index contributed by atoms with van der Waals surface area (Å²) in [6, 6.07) is 17.4. The number of piperidine rings is 3. The molecule has 3 aromatic carbocycles. The molecule has 1 saturated carbocycles. The van der Waals surface area contributed by atoms with Gasteiger partial charge in [-0.2, -0.15) is 8.78 Å². The van der Waals surface area contributed by atoms with E-state index >= 15 is 0 Å². The SMILES string of the molecule is COc1cccc(C(Nc2ccc(C(=O)O[C@@H](Cc3c(Cl)c[nH+]cc3Cl)c3ccc(OC(F)F)c(OCC4CC4)c3)cc2)C(=O)O[C@H]2CN3CCC2CC3)c1.[OH-]. The molecule has 0 spiro atoms. The standard InChI is InChI=1S/C41H41Cl2F2N3O7.H2O/c1-51-30-4-2-3-28(17-30)38(40(50)54-37-22-48-15-13-25(37)14-16-48)47-29-10-7-26(8-11-29)39(49)53-35(19-31-32(42)20-46-21-33(31)43)27-9-12-34(55-41(44)45)36(18-27)52-23-24-5-6-24;/h2-4,7-12,17-18,20-21,24-25,35,37-38,41,47H,5-6,13-16,19,22-23H2,1H3;1H2/t35-,37-,38?;/m0./s1. The van der Waals surface area contributed by atoms with E-state index in [0.29, 0.717) is 56.6 Å². The number of aromatic nitrogens is 1. The minimum Gasteiger partial charge on any atom is -0.870 e. The van der Waals surface area contributed by atoms with Crippen LogP contribution < -0.4 is 24.5 Å². The van der Waals surface area contributed by atoms with Crippen LogP contribution in [0.2, 0.25) is 10.0 Å². The molecule has 4 aliphatic rings. The summed E-state index contributed by atoms with van der Waals surface area (Å²) in [6.45, 7) is 0.0616. The van der Waals surface area contributed by atoms with Crippen molar-refractivity contribution in [1.82, 2.24) is 4.90 Å². The fourth-order valence-corrected chi connectivity index (χ4v) is 7.57. The number of alkyl halides is 2. The number of carbonyl (C=O) groups is 2. The van der Waals surface area contributed by atoms with Crippen molar-refractivity contribution in [1.29, 1.82) is 0 Å². The molecule has 11 nitrogen and oxygen atoms in total. The lowest BCUT2D eigenvalue weighted by Crippen LogP contribution is -2.52. The monoisotopic (exact) mass is 813 g/mol. The zero-order chi connectivity index (χ0) is 38.5. The first-order valence-electron chi connectivity index (χ1n) is 18.3. The van der Waals surface area contributed by atoms with Crippen LogP contribution in [-0.4, -0.2) is 68.4 Å². The first-order valence-corrected chi connectivity index (χ1v) is 19.1. The Morgan fingerprint density at radius 3 is 2.30 bits per heavy atom. The second-order valence-corrected chi connectivity index (χ2v) is 14.9. The molecule has 298 valence electrons. The average molecular weight is 815 g/mol. The number of rotatable bonds is 16. The van der Waals surface area contributed by atoms with E-state index in [1.807, 2.05) is 12.1 Å². The van der Waals surface area contributed by atoms with E-state index in [1.54, 1.807) is 55.9 Å². The van der Waals surface area contributed by atoms with Crippen molar-refractivity contribution in [3.63, 3.8) is 0 Å². The molecule has 0 radical (unpaired) electrons. The normalized spacial score (nSPS) is 19.6. The minimum absolute atomic E-state index is 0. The minimum atomic E-state index is -3.06. The predicted molar refractivity (Wildman–Crippen MR) is 203 cm³/mol. The maximum atomic E-state index is 13.8. The summed E-state index contributed by atoms with van der Waals surface area (Å²) in [6.07, 6.45) is 6.05. The van der Waals surface area contributed by atoms with E-state index in [2.05, 4.69) is 15.2 Å².